The standard InChI is InChI=1S/C19H18F2N2S/c1-11-8-17(20)16(18(21)9-11)10-22-15-6-4-14(5-7-15)19-12(2)24-13(3)23-19/h4-9,22H,10H2,1-3H3. The molecule has 0 unspecified atom stereocenters. The number of thiazole rings is 1. The van der Waals surface area contributed by atoms with E-state index in [1.54, 1.807) is 18.3 Å². The maximum Gasteiger partial charge on any atom is 0.131 e. The summed E-state index contributed by atoms with van der Waals surface area (Å²) < 4.78 is 27.7. The number of aryl methyl sites for hydroxylation is 3. The van der Waals surface area contributed by atoms with E-state index in [4.69, 9.17) is 0 Å². The normalized spacial score (nSPS) is 10.9. The van der Waals surface area contributed by atoms with Crippen molar-refractivity contribution in [2.45, 2.75) is 27.3 Å². The highest BCUT2D eigenvalue weighted by Gasteiger charge is 2.10. The number of hydrogen-bond donors (Lipinski definition) is 1. The van der Waals surface area contributed by atoms with Crippen LogP contribution in [0, 0.1) is 32.4 Å². The molecule has 0 fully saturated rings. The van der Waals surface area contributed by atoms with Gasteiger partial charge in [0.25, 0.3) is 0 Å². The second-order valence-electron chi connectivity index (χ2n) is 5.78. The van der Waals surface area contributed by atoms with Crippen LogP contribution >= 0.6 is 11.3 Å². The van der Waals surface area contributed by atoms with Crippen LogP contribution in [0.25, 0.3) is 11.3 Å². The van der Waals surface area contributed by atoms with E-state index in [1.165, 1.54) is 17.0 Å². The van der Waals surface area contributed by atoms with Gasteiger partial charge in [0, 0.05) is 28.2 Å². The summed E-state index contributed by atoms with van der Waals surface area (Å²) in [6.45, 7) is 5.81. The van der Waals surface area contributed by atoms with Crippen LogP contribution in [0.4, 0.5) is 14.5 Å². The maximum atomic E-state index is 13.9. The van der Waals surface area contributed by atoms with Crippen molar-refractivity contribution in [3.8, 4) is 11.3 Å². The van der Waals surface area contributed by atoms with Gasteiger partial charge in [-0.05, 0) is 50.6 Å². The lowest BCUT2D eigenvalue weighted by atomic mass is 10.1. The quantitative estimate of drug-likeness (QED) is 0.664. The van der Waals surface area contributed by atoms with Crippen LogP contribution < -0.4 is 5.32 Å². The minimum absolute atomic E-state index is 0.0515. The van der Waals surface area contributed by atoms with Gasteiger partial charge in [-0.1, -0.05) is 12.1 Å². The van der Waals surface area contributed by atoms with Crippen LogP contribution in [0.15, 0.2) is 36.4 Å². The molecule has 124 valence electrons. The molecule has 3 aromatic rings. The first-order valence-electron chi connectivity index (χ1n) is 7.67. The number of benzene rings is 2. The van der Waals surface area contributed by atoms with Gasteiger partial charge >= 0.3 is 0 Å². The molecule has 2 aromatic carbocycles. The molecule has 0 bridgehead atoms. The summed E-state index contributed by atoms with van der Waals surface area (Å²) in [6, 6.07) is 10.4. The number of aromatic nitrogens is 1. The van der Waals surface area contributed by atoms with Gasteiger partial charge in [-0.2, -0.15) is 0 Å². The second-order valence-corrected chi connectivity index (χ2v) is 7.18. The highest BCUT2D eigenvalue weighted by molar-refractivity contribution is 7.11. The van der Waals surface area contributed by atoms with E-state index in [9.17, 15) is 8.78 Å². The lowest BCUT2D eigenvalue weighted by Crippen LogP contribution is -2.05. The molecule has 0 atom stereocenters. The topological polar surface area (TPSA) is 24.9 Å². The summed E-state index contributed by atoms with van der Waals surface area (Å²) in [4.78, 5) is 5.71. The Labute approximate surface area is 144 Å². The number of hydrogen-bond acceptors (Lipinski definition) is 3. The summed E-state index contributed by atoms with van der Waals surface area (Å²) in [5.41, 5.74) is 3.46. The summed E-state index contributed by atoms with van der Waals surface area (Å²) in [7, 11) is 0. The molecule has 0 spiro atoms. The van der Waals surface area contributed by atoms with Crippen molar-refractivity contribution in [2.75, 3.05) is 5.32 Å². The Kier molecular flexibility index (Phi) is 4.62. The van der Waals surface area contributed by atoms with Crippen LogP contribution in [0.5, 0.6) is 0 Å². The Hall–Kier alpha value is -2.27. The van der Waals surface area contributed by atoms with Gasteiger partial charge in [-0.15, -0.1) is 11.3 Å². The third kappa shape index (κ3) is 3.46. The SMILES string of the molecule is Cc1cc(F)c(CNc2ccc(-c3nc(C)sc3C)cc2)c(F)c1. The minimum atomic E-state index is -0.523. The molecule has 0 saturated carbocycles. The predicted molar refractivity (Wildman–Crippen MR) is 95.4 cm³/mol. The highest BCUT2D eigenvalue weighted by atomic mass is 32.1. The Bertz CT molecular complexity index is 847. The molecule has 0 saturated heterocycles. The van der Waals surface area contributed by atoms with Gasteiger partial charge in [0.1, 0.15) is 11.6 Å². The first-order valence-corrected chi connectivity index (χ1v) is 8.48. The van der Waals surface area contributed by atoms with Crippen LogP contribution in [0.1, 0.15) is 21.0 Å². The lowest BCUT2D eigenvalue weighted by molar-refractivity contribution is 0.558. The van der Waals surface area contributed by atoms with Crippen LogP contribution in [0.2, 0.25) is 0 Å². The zero-order chi connectivity index (χ0) is 17.3. The van der Waals surface area contributed by atoms with E-state index in [0.29, 0.717) is 5.56 Å². The first-order chi connectivity index (χ1) is 11.4. The fourth-order valence-corrected chi connectivity index (χ4v) is 3.47. The van der Waals surface area contributed by atoms with E-state index in [0.717, 1.165) is 22.0 Å². The fraction of sp³-hybridized carbons (Fsp3) is 0.211. The molecule has 2 nitrogen and oxygen atoms in total. The van der Waals surface area contributed by atoms with Gasteiger partial charge in [0.05, 0.1) is 10.7 Å². The fourth-order valence-electron chi connectivity index (χ4n) is 2.63. The summed E-state index contributed by atoms with van der Waals surface area (Å²) in [5.74, 6) is -1.05. The zero-order valence-corrected chi connectivity index (χ0v) is 14.6. The van der Waals surface area contributed by atoms with Gasteiger partial charge in [0.2, 0.25) is 0 Å². The third-order valence-corrected chi connectivity index (χ3v) is 4.70. The molecule has 1 heterocycles. The van der Waals surface area contributed by atoms with Gasteiger partial charge in [0.15, 0.2) is 0 Å². The van der Waals surface area contributed by atoms with Crippen molar-refractivity contribution in [2.24, 2.45) is 0 Å². The van der Waals surface area contributed by atoms with E-state index in [-0.39, 0.29) is 12.1 Å². The number of halogens is 2. The molecule has 24 heavy (non-hydrogen) atoms. The molecule has 0 amide bonds. The summed E-state index contributed by atoms with van der Waals surface area (Å²) >= 11 is 1.67. The minimum Gasteiger partial charge on any atom is -0.381 e. The average Bonchev–Trinajstić information content (AvgIpc) is 2.85. The van der Waals surface area contributed by atoms with Crippen molar-refractivity contribution < 1.29 is 8.78 Å². The number of nitrogens with one attached hydrogen (secondary N) is 1. The molecule has 1 N–H and O–H groups in total. The van der Waals surface area contributed by atoms with Gasteiger partial charge in [-0.3, -0.25) is 0 Å². The largest absolute Gasteiger partial charge is 0.381 e. The van der Waals surface area contributed by atoms with E-state index < -0.39 is 11.6 Å². The monoisotopic (exact) mass is 344 g/mol. The maximum absolute atomic E-state index is 13.9. The molecular weight excluding hydrogens is 326 g/mol. The van der Waals surface area contributed by atoms with Gasteiger partial charge in [-0.25, -0.2) is 13.8 Å². The lowest BCUT2D eigenvalue weighted by Gasteiger charge is -2.10. The highest BCUT2D eigenvalue weighted by Crippen LogP contribution is 2.28. The smallest absolute Gasteiger partial charge is 0.131 e. The summed E-state index contributed by atoms with van der Waals surface area (Å²) in [5, 5.41) is 4.10. The molecular formula is C19H18F2N2S. The second kappa shape index (κ2) is 6.69. The van der Waals surface area contributed by atoms with Gasteiger partial charge < -0.3 is 5.32 Å². The Morgan fingerprint density at radius 2 is 1.62 bits per heavy atom. The zero-order valence-electron chi connectivity index (χ0n) is 13.8. The molecule has 0 radical (unpaired) electrons. The first kappa shape index (κ1) is 16.6. The molecule has 1 aromatic heterocycles. The van der Waals surface area contributed by atoms with E-state index >= 15 is 0 Å². The Morgan fingerprint density at radius 3 is 2.17 bits per heavy atom. The molecule has 0 aliphatic rings. The molecule has 5 heteroatoms. The van der Waals surface area contributed by atoms with Crippen LogP contribution in [-0.2, 0) is 6.54 Å². The molecule has 3 rings (SSSR count). The van der Waals surface area contributed by atoms with Crippen molar-refractivity contribution in [1.29, 1.82) is 0 Å². The third-order valence-electron chi connectivity index (χ3n) is 3.82. The Balaban J connectivity index is 1.75. The summed E-state index contributed by atoms with van der Waals surface area (Å²) in [6.07, 6.45) is 0. The van der Waals surface area contributed by atoms with Crippen molar-refractivity contribution in [3.05, 3.63) is 69.0 Å². The average molecular weight is 344 g/mol. The van der Waals surface area contributed by atoms with Crippen LogP contribution in [-0.4, -0.2) is 4.98 Å². The van der Waals surface area contributed by atoms with E-state index in [1.807, 2.05) is 31.2 Å². The number of rotatable bonds is 4. The van der Waals surface area contributed by atoms with Crippen LogP contribution in [0.3, 0.4) is 0 Å². The Morgan fingerprint density at radius 1 is 1.00 bits per heavy atom. The van der Waals surface area contributed by atoms with Crippen molar-refractivity contribution in [1.82, 2.24) is 4.98 Å². The van der Waals surface area contributed by atoms with E-state index in [2.05, 4.69) is 17.2 Å². The number of anilines is 1. The predicted octanol–water partition coefficient (Wildman–Crippen LogP) is 5.63. The number of nitrogens with zero attached hydrogens (tertiary/aromatic N) is 1. The van der Waals surface area contributed by atoms with Crippen molar-refractivity contribution in [3.63, 3.8) is 0 Å². The van der Waals surface area contributed by atoms with Crippen molar-refractivity contribution >= 4 is 17.0 Å². The molecule has 0 aliphatic carbocycles. The molecule has 0 aliphatic heterocycles.